The Morgan fingerprint density at radius 3 is 2.60 bits per heavy atom. The zero-order valence-electron chi connectivity index (χ0n) is 13.7. The maximum Gasteiger partial charge on any atom is 0.248 e. The number of rotatable bonds is 5. The first-order chi connectivity index (χ1) is 12.1. The Labute approximate surface area is 149 Å². The number of carbonyl (C=O) groups excluding carboxylic acids is 1. The SMILES string of the molecule is COc1cc(NC(=O)/C=C/c2c(Cl)nc3ccccn23)cc(OC)c1. The van der Waals surface area contributed by atoms with Crippen LogP contribution in [0.3, 0.4) is 0 Å². The summed E-state index contributed by atoms with van der Waals surface area (Å²) in [6.07, 6.45) is 4.85. The van der Waals surface area contributed by atoms with E-state index in [0.29, 0.717) is 33.7 Å². The van der Waals surface area contributed by atoms with Crippen molar-refractivity contribution in [1.82, 2.24) is 9.38 Å². The summed E-state index contributed by atoms with van der Waals surface area (Å²) in [4.78, 5) is 16.4. The topological polar surface area (TPSA) is 64.9 Å². The average Bonchev–Trinajstić information content (AvgIpc) is 2.94. The van der Waals surface area contributed by atoms with Gasteiger partial charge >= 0.3 is 0 Å². The van der Waals surface area contributed by atoms with Gasteiger partial charge in [0.05, 0.1) is 19.9 Å². The number of halogens is 1. The van der Waals surface area contributed by atoms with E-state index in [1.54, 1.807) is 42.9 Å². The van der Waals surface area contributed by atoms with Gasteiger partial charge in [-0.05, 0) is 18.2 Å². The number of hydrogen-bond acceptors (Lipinski definition) is 4. The molecule has 3 aromatic rings. The smallest absolute Gasteiger partial charge is 0.248 e. The lowest BCUT2D eigenvalue weighted by Gasteiger charge is -2.08. The van der Waals surface area contributed by atoms with Crippen LogP contribution < -0.4 is 14.8 Å². The summed E-state index contributed by atoms with van der Waals surface area (Å²) < 4.78 is 12.2. The number of ether oxygens (including phenoxy) is 2. The van der Waals surface area contributed by atoms with Crippen molar-refractivity contribution in [2.24, 2.45) is 0 Å². The number of fused-ring (bicyclic) bond motifs is 1. The van der Waals surface area contributed by atoms with Gasteiger partial charge in [-0.3, -0.25) is 9.20 Å². The molecule has 0 saturated carbocycles. The number of hydrogen-bond donors (Lipinski definition) is 1. The zero-order chi connectivity index (χ0) is 17.8. The summed E-state index contributed by atoms with van der Waals surface area (Å²) in [7, 11) is 3.10. The minimum atomic E-state index is -0.308. The minimum Gasteiger partial charge on any atom is -0.497 e. The van der Waals surface area contributed by atoms with E-state index in [1.165, 1.54) is 6.08 Å². The number of nitrogens with zero attached hydrogens (tertiary/aromatic N) is 2. The van der Waals surface area contributed by atoms with Crippen molar-refractivity contribution < 1.29 is 14.3 Å². The average molecular weight is 358 g/mol. The van der Waals surface area contributed by atoms with Gasteiger partial charge in [-0.25, -0.2) is 4.98 Å². The Balaban J connectivity index is 1.80. The molecule has 25 heavy (non-hydrogen) atoms. The fraction of sp³-hybridized carbons (Fsp3) is 0.111. The molecule has 0 aliphatic carbocycles. The van der Waals surface area contributed by atoms with E-state index in [0.717, 1.165) is 0 Å². The Morgan fingerprint density at radius 1 is 1.20 bits per heavy atom. The zero-order valence-corrected chi connectivity index (χ0v) is 14.4. The van der Waals surface area contributed by atoms with E-state index >= 15 is 0 Å². The second kappa shape index (κ2) is 7.27. The molecule has 128 valence electrons. The summed E-state index contributed by atoms with van der Waals surface area (Å²) in [5, 5.41) is 3.09. The first kappa shape index (κ1) is 16.9. The van der Waals surface area contributed by atoms with Crippen molar-refractivity contribution >= 4 is 34.9 Å². The standard InChI is InChI=1S/C18H16ClN3O3/c1-24-13-9-12(10-14(11-13)25-2)20-17(23)7-6-15-18(19)21-16-5-3-4-8-22(15)16/h3-11H,1-2H3,(H,20,23)/b7-6+. The molecule has 0 bridgehead atoms. The van der Waals surface area contributed by atoms with Crippen molar-refractivity contribution in [2.45, 2.75) is 0 Å². The molecule has 1 N–H and O–H groups in total. The van der Waals surface area contributed by atoms with Crippen LogP contribution in [-0.2, 0) is 4.79 Å². The fourth-order valence-corrected chi connectivity index (χ4v) is 2.59. The summed E-state index contributed by atoms with van der Waals surface area (Å²) in [6, 6.07) is 10.7. The minimum absolute atomic E-state index is 0.308. The predicted octanol–water partition coefficient (Wildman–Crippen LogP) is 3.66. The largest absolute Gasteiger partial charge is 0.497 e. The van der Waals surface area contributed by atoms with Crippen molar-refractivity contribution in [3.8, 4) is 11.5 Å². The van der Waals surface area contributed by atoms with Crippen LogP contribution >= 0.6 is 11.6 Å². The van der Waals surface area contributed by atoms with E-state index in [4.69, 9.17) is 21.1 Å². The number of carbonyl (C=O) groups is 1. The highest BCUT2D eigenvalue weighted by molar-refractivity contribution is 6.31. The number of anilines is 1. The van der Waals surface area contributed by atoms with Crippen LogP contribution in [0.2, 0.25) is 5.15 Å². The van der Waals surface area contributed by atoms with E-state index in [1.807, 2.05) is 24.4 Å². The second-order valence-electron chi connectivity index (χ2n) is 5.14. The van der Waals surface area contributed by atoms with Gasteiger partial charge in [-0.15, -0.1) is 0 Å². The van der Waals surface area contributed by atoms with E-state index in [-0.39, 0.29) is 5.91 Å². The third-order valence-corrected chi connectivity index (χ3v) is 3.81. The lowest BCUT2D eigenvalue weighted by Crippen LogP contribution is -2.08. The van der Waals surface area contributed by atoms with Crippen molar-refractivity contribution in [1.29, 1.82) is 0 Å². The van der Waals surface area contributed by atoms with Gasteiger partial charge in [0.25, 0.3) is 0 Å². The lowest BCUT2D eigenvalue weighted by atomic mass is 10.2. The van der Waals surface area contributed by atoms with E-state index in [9.17, 15) is 4.79 Å². The molecule has 0 unspecified atom stereocenters. The molecule has 0 aliphatic rings. The Bertz CT molecular complexity index is 928. The molecule has 0 aliphatic heterocycles. The lowest BCUT2D eigenvalue weighted by molar-refractivity contribution is -0.111. The van der Waals surface area contributed by atoms with Crippen LogP contribution in [-0.4, -0.2) is 29.5 Å². The molecule has 3 rings (SSSR count). The summed E-state index contributed by atoms with van der Waals surface area (Å²) in [6.45, 7) is 0. The number of amides is 1. The fourth-order valence-electron chi connectivity index (χ4n) is 2.35. The highest BCUT2D eigenvalue weighted by Gasteiger charge is 2.08. The third-order valence-electron chi connectivity index (χ3n) is 3.53. The molecule has 0 fully saturated rings. The Hall–Kier alpha value is -2.99. The maximum atomic E-state index is 12.2. The number of benzene rings is 1. The van der Waals surface area contributed by atoms with Gasteiger partial charge in [0.1, 0.15) is 17.1 Å². The first-order valence-corrected chi connectivity index (χ1v) is 7.83. The first-order valence-electron chi connectivity index (χ1n) is 7.45. The second-order valence-corrected chi connectivity index (χ2v) is 5.50. The molecule has 6 nitrogen and oxygen atoms in total. The molecule has 0 saturated heterocycles. The molecule has 7 heteroatoms. The van der Waals surface area contributed by atoms with E-state index in [2.05, 4.69) is 10.3 Å². The van der Waals surface area contributed by atoms with Crippen LogP contribution in [0.15, 0.2) is 48.7 Å². The number of aromatic nitrogens is 2. The molecule has 0 radical (unpaired) electrons. The molecule has 1 amide bonds. The number of nitrogens with one attached hydrogen (secondary N) is 1. The molecule has 2 aromatic heterocycles. The Morgan fingerprint density at radius 2 is 1.92 bits per heavy atom. The predicted molar refractivity (Wildman–Crippen MR) is 97.4 cm³/mol. The van der Waals surface area contributed by atoms with Crippen molar-refractivity contribution in [2.75, 3.05) is 19.5 Å². The van der Waals surface area contributed by atoms with Crippen LogP contribution in [0.1, 0.15) is 5.69 Å². The number of pyridine rings is 1. The van der Waals surface area contributed by atoms with Gasteiger partial charge in [0.15, 0.2) is 5.15 Å². The van der Waals surface area contributed by atoms with Crippen molar-refractivity contribution in [3.63, 3.8) is 0 Å². The summed E-state index contributed by atoms with van der Waals surface area (Å²) in [5.41, 5.74) is 1.91. The van der Waals surface area contributed by atoms with Crippen LogP contribution in [0.4, 0.5) is 5.69 Å². The van der Waals surface area contributed by atoms with Crippen LogP contribution in [0.25, 0.3) is 11.7 Å². The molecular formula is C18H16ClN3O3. The quantitative estimate of drug-likeness (QED) is 0.708. The molecule has 2 heterocycles. The third kappa shape index (κ3) is 3.75. The van der Waals surface area contributed by atoms with Gasteiger partial charge in [-0.2, -0.15) is 0 Å². The molecule has 0 atom stereocenters. The number of methoxy groups -OCH3 is 2. The molecule has 1 aromatic carbocycles. The van der Waals surface area contributed by atoms with Gasteiger partial charge in [0.2, 0.25) is 5.91 Å². The highest BCUT2D eigenvalue weighted by atomic mass is 35.5. The van der Waals surface area contributed by atoms with Gasteiger partial charge in [-0.1, -0.05) is 17.7 Å². The van der Waals surface area contributed by atoms with Crippen LogP contribution in [0, 0.1) is 0 Å². The summed E-state index contributed by atoms with van der Waals surface area (Å²) in [5.74, 6) is 0.865. The normalized spacial score (nSPS) is 11.0. The van der Waals surface area contributed by atoms with Crippen molar-refractivity contribution in [3.05, 3.63) is 59.5 Å². The van der Waals surface area contributed by atoms with E-state index < -0.39 is 0 Å². The van der Waals surface area contributed by atoms with Gasteiger partial charge in [0, 0.05) is 36.2 Å². The summed E-state index contributed by atoms with van der Waals surface area (Å²) >= 11 is 6.14. The maximum absolute atomic E-state index is 12.2. The van der Waals surface area contributed by atoms with Crippen LogP contribution in [0.5, 0.6) is 11.5 Å². The highest BCUT2D eigenvalue weighted by Crippen LogP contribution is 2.26. The monoisotopic (exact) mass is 357 g/mol. The Kier molecular flexibility index (Phi) is 4.90. The number of imidazole rings is 1. The molecule has 0 spiro atoms. The van der Waals surface area contributed by atoms with Gasteiger partial charge < -0.3 is 14.8 Å². The molecular weight excluding hydrogens is 342 g/mol.